The predicted octanol–water partition coefficient (Wildman–Crippen LogP) is 16.0. The zero-order valence-corrected chi connectivity index (χ0v) is 37.2. The molecule has 65 heavy (non-hydrogen) atoms. The highest BCUT2D eigenvalue weighted by molar-refractivity contribution is 6.21. The zero-order chi connectivity index (χ0) is 43.9. The van der Waals surface area contributed by atoms with Gasteiger partial charge in [-0.3, -0.25) is 0 Å². The van der Waals surface area contributed by atoms with Crippen LogP contribution in [0.5, 0.6) is 0 Å². The standard InChI is InChI=1S/C61H48N4/c1-60(2)32-33-61(3,4)53-38-55-51(37-52(53)60)56-50-21-12-11-18-42(50)30-31-54(56)65(55)49-20-13-19-47(36-49)58-62-57(43-24-22-41(23-25-43)39-14-7-5-8-15-39)63-59(64-58)48-29-28-45-34-44(26-27-46(45)35-48)40-16-9-6-10-17-40/h5-31,34-38H,32-33H2,1-4H3. The molecule has 12 rings (SSSR count). The van der Waals surface area contributed by atoms with Crippen LogP contribution in [0.4, 0.5) is 0 Å². The number of rotatable bonds is 6. The summed E-state index contributed by atoms with van der Waals surface area (Å²) in [6.45, 7) is 9.67. The number of hydrogen-bond acceptors (Lipinski definition) is 3. The van der Waals surface area contributed by atoms with Crippen LogP contribution in [0, 0.1) is 0 Å². The quantitative estimate of drug-likeness (QED) is 0.168. The molecule has 0 aliphatic heterocycles. The van der Waals surface area contributed by atoms with Crippen LogP contribution in [0.15, 0.2) is 194 Å². The summed E-state index contributed by atoms with van der Waals surface area (Å²) in [5.74, 6) is 1.90. The summed E-state index contributed by atoms with van der Waals surface area (Å²) >= 11 is 0. The van der Waals surface area contributed by atoms with E-state index in [1.165, 1.54) is 72.2 Å². The second kappa shape index (κ2) is 15.0. The Labute approximate surface area is 379 Å². The fourth-order valence-electron chi connectivity index (χ4n) is 10.3. The van der Waals surface area contributed by atoms with Crippen molar-refractivity contribution in [2.24, 2.45) is 0 Å². The molecule has 1 aliphatic rings. The van der Waals surface area contributed by atoms with Gasteiger partial charge in [-0.25, -0.2) is 15.0 Å². The maximum absolute atomic E-state index is 5.29. The summed E-state index contributed by atoms with van der Waals surface area (Å²) in [7, 11) is 0. The molecule has 0 spiro atoms. The third kappa shape index (κ3) is 6.71. The highest BCUT2D eigenvalue weighted by Gasteiger charge is 2.38. The Morgan fingerprint density at radius 3 is 1.54 bits per heavy atom. The van der Waals surface area contributed by atoms with E-state index in [9.17, 15) is 0 Å². The zero-order valence-electron chi connectivity index (χ0n) is 37.2. The molecule has 0 saturated carbocycles. The van der Waals surface area contributed by atoms with E-state index < -0.39 is 0 Å². The van der Waals surface area contributed by atoms with E-state index in [4.69, 9.17) is 15.0 Å². The molecule has 4 heteroatoms. The summed E-state index contributed by atoms with van der Waals surface area (Å²) < 4.78 is 2.47. The molecule has 0 N–H and O–H groups in total. The Kier molecular flexibility index (Phi) is 8.96. The lowest BCUT2D eigenvalue weighted by atomic mass is 9.63. The molecular formula is C61H48N4. The summed E-state index contributed by atoms with van der Waals surface area (Å²) in [5, 5.41) is 7.41. The molecule has 0 saturated heterocycles. The van der Waals surface area contributed by atoms with Gasteiger partial charge in [-0.05, 0) is 121 Å². The second-order valence-electron chi connectivity index (χ2n) is 19.1. The van der Waals surface area contributed by atoms with Gasteiger partial charge in [0.05, 0.1) is 11.0 Å². The normalized spacial score (nSPS) is 14.3. The van der Waals surface area contributed by atoms with E-state index in [1.54, 1.807) is 0 Å². The van der Waals surface area contributed by atoms with Crippen LogP contribution in [-0.2, 0) is 10.8 Å². The van der Waals surface area contributed by atoms with Gasteiger partial charge in [0.25, 0.3) is 0 Å². The van der Waals surface area contributed by atoms with Crippen molar-refractivity contribution in [2.75, 3.05) is 0 Å². The van der Waals surface area contributed by atoms with Crippen molar-refractivity contribution in [2.45, 2.75) is 51.4 Å². The lowest BCUT2D eigenvalue weighted by Crippen LogP contribution is -2.33. The van der Waals surface area contributed by atoms with Crippen LogP contribution in [0.25, 0.3) is 105 Å². The van der Waals surface area contributed by atoms with Gasteiger partial charge in [-0.15, -0.1) is 0 Å². The molecule has 0 fully saturated rings. The number of hydrogen-bond donors (Lipinski definition) is 0. The molecule has 4 nitrogen and oxygen atoms in total. The van der Waals surface area contributed by atoms with Crippen molar-refractivity contribution in [3.63, 3.8) is 0 Å². The van der Waals surface area contributed by atoms with E-state index in [0.717, 1.165) is 39.7 Å². The van der Waals surface area contributed by atoms with E-state index in [1.807, 2.05) is 6.07 Å². The largest absolute Gasteiger partial charge is 0.309 e. The first-order valence-corrected chi connectivity index (χ1v) is 22.8. The van der Waals surface area contributed by atoms with Gasteiger partial charge >= 0.3 is 0 Å². The van der Waals surface area contributed by atoms with Gasteiger partial charge < -0.3 is 4.57 Å². The lowest BCUT2D eigenvalue weighted by molar-refractivity contribution is 0.332. The minimum Gasteiger partial charge on any atom is -0.309 e. The van der Waals surface area contributed by atoms with Crippen LogP contribution in [0.3, 0.4) is 0 Å². The molecule has 312 valence electrons. The first-order chi connectivity index (χ1) is 31.7. The minimum atomic E-state index is 0.0637. The number of benzene rings is 9. The Morgan fingerprint density at radius 2 is 0.846 bits per heavy atom. The lowest BCUT2D eigenvalue weighted by Gasteiger charge is -2.42. The molecule has 11 aromatic rings. The van der Waals surface area contributed by atoms with Crippen LogP contribution >= 0.6 is 0 Å². The van der Waals surface area contributed by atoms with Crippen molar-refractivity contribution in [1.82, 2.24) is 19.5 Å². The van der Waals surface area contributed by atoms with Crippen LogP contribution in [0.1, 0.15) is 51.7 Å². The van der Waals surface area contributed by atoms with Crippen molar-refractivity contribution >= 4 is 43.4 Å². The number of aromatic nitrogens is 4. The van der Waals surface area contributed by atoms with Gasteiger partial charge in [0.15, 0.2) is 17.5 Å². The summed E-state index contributed by atoms with van der Waals surface area (Å²) in [4.78, 5) is 15.7. The topological polar surface area (TPSA) is 43.6 Å². The van der Waals surface area contributed by atoms with Gasteiger partial charge in [0.2, 0.25) is 0 Å². The molecule has 0 atom stereocenters. The minimum absolute atomic E-state index is 0.0637. The van der Waals surface area contributed by atoms with Crippen LogP contribution < -0.4 is 0 Å². The predicted molar refractivity (Wildman–Crippen MR) is 272 cm³/mol. The molecule has 0 bridgehead atoms. The van der Waals surface area contributed by atoms with Crippen molar-refractivity contribution < 1.29 is 0 Å². The van der Waals surface area contributed by atoms with Crippen molar-refractivity contribution in [1.29, 1.82) is 0 Å². The molecular weight excluding hydrogens is 789 g/mol. The Balaban J connectivity index is 1.04. The maximum atomic E-state index is 5.29. The fourth-order valence-corrected chi connectivity index (χ4v) is 10.3. The molecule has 0 amide bonds. The third-order valence-corrected chi connectivity index (χ3v) is 14.1. The van der Waals surface area contributed by atoms with E-state index in [-0.39, 0.29) is 10.8 Å². The van der Waals surface area contributed by atoms with Crippen molar-refractivity contribution in [3.8, 4) is 62.1 Å². The van der Waals surface area contributed by atoms with Crippen molar-refractivity contribution in [3.05, 3.63) is 205 Å². The summed E-state index contributed by atoms with van der Waals surface area (Å²) in [5.41, 5.74) is 14.1. The average molecular weight is 837 g/mol. The molecule has 9 aromatic carbocycles. The Morgan fingerprint density at radius 1 is 0.354 bits per heavy atom. The van der Waals surface area contributed by atoms with Crippen LogP contribution in [0.2, 0.25) is 0 Å². The molecule has 2 aromatic heterocycles. The molecule has 0 unspecified atom stereocenters. The average Bonchev–Trinajstić information content (AvgIpc) is 3.69. The SMILES string of the molecule is CC1(C)CCC(C)(C)c2cc3c(cc21)c1c2ccccc2ccc1n3-c1cccc(-c2nc(-c3ccc(-c4ccccc4)cc3)nc(-c3ccc4cc(-c5ccccc5)ccc4c3)n2)c1. The maximum Gasteiger partial charge on any atom is 0.164 e. The van der Waals surface area contributed by atoms with Gasteiger partial charge in [0, 0.05) is 33.2 Å². The second-order valence-corrected chi connectivity index (χ2v) is 19.1. The summed E-state index contributed by atoms with van der Waals surface area (Å²) in [6.07, 6.45) is 2.32. The Hall–Kier alpha value is -7.69. The number of fused-ring (bicyclic) bond motifs is 7. The first kappa shape index (κ1) is 38.9. The highest BCUT2D eigenvalue weighted by atomic mass is 15.0. The highest BCUT2D eigenvalue weighted by Crippen LogP contribution is 2.49. The number of nitrogens with zero attached hydrogens (tertiary/aromatic N) is 4. The molecule has 2 heterocycles. The fraction of sp³-hybridized carbons (Fsp3) is 0.131. The molecule has 1 aliphatic carbocycles. The molecule has 0 radical (unpaired) electrons. The van der Waals surface area contributed by atoms with E-state index in [2.05, 4.69) is 220 Å². The smallest absolute Gasteiger partial charge is 0.164 e. The van der Waals surface area contributed by atoms with E-state index in [0.29, 0.717) is 17.5 Å². The monoisotopic (exact) mass is 836 g/mol. The first-order valence-electron chi connectivity index (χ1n) is 22.8. The summed E-state index contributed by atoms with van der Waals surface area (Å²) in [6, 6.07) is 69.9. The van der Waals surface area contributed by atoms with Crippen LogP contribution in [-0.4, -0.2) is 19.5 Å². The Bertz CT molecular complexity index is 3640. The van der Waals surface area contributed by atoms with Gasteiger partial charge in [-0.1, -0.05) is 179 Å². The third-order valence-electron chi connectivity index (χ3n) is 14.1. The van der Waals surface area contributed by atoms with E-state index >= 15 is 0 Å². The van der Waals surface area contributed by atoms with Gasteiger partial charge in [-0.2, -0.15) is 0 Å². The van der Waals surface area contributed by atoms with Gasteiger partial charge in [0.1, 0.15) is 0 Å².